The second-order valence-electron chi connectivity index (χ2n) is 5.10. The van der Waals surface area contributed by atoms with Crippen LogP contribution in [-0.2, 0) is 19.0 Å². The summed E-state index contributed by atoms with van der Waals surface area (Å²) in [5.74, 6) is -2.51. The van der Waals surface area contributed by atoms with E-state index in [4.69, 9.17) is 14.2 Å². The molecule has 8 atom stereocenters. The van der Waals surface area contributed by atoms with Crippen molar-refractivity contribution < 1.29 is 79.2 Å². The summed E-state index contributed by atoms with van der Waals surface area (Å²) in [4.78, 5) is 10.8. The molecule has 0 saturated carbocycles. The quantitative estimate of drug-likeness (QED) is 0.310. The first-order valence-corrected chi connectivity index (χ1v) is 6.53. The summed E-state index contributed by atoms with van der Waals surface area (Å²) in [6.45, 7) is 1.42. The van der Waals surface area contributed by atoms with Gasteiger partial charge >= 0.3 is 29.6 Å². The monoisotopic (exact) mass is 344 g/mol. The topological polar surface area (TPSA) is 169 Å². The fourth-order valence-electron chi connectivity index (χ4n) is 2.19. The van der Waals surface area contributed by atoms with Crippen LogP contribution in [0.1, 0.15) is 6.92 Å². The molecular formula is C12H17NaO10. The van der Waals surface area contributed by atoms with E-state index in [1.807, 2.05) is 0 Å². The van der Waals surface area contributed by atoms with Gasteiger partial charge in [-0.1, -0.05) is 0 Å². The van der Waals surface area contributed by atoms with Crippen LogP contribution >= 0.6 is 0 Å². The Labute approximate surface area is 153 Å². The smallest absolute Gasteiger partial charge is 0.542 e. The van der Waals surface area contributed by atoms with Gasteiger partial charge in [-0.15, -0.1) is 0 Å². The van der Waals surface area contributed by atoms with E-state index in [0.717, 1.165) is 6.08 Å². The Kier molecular flexibility index (Phi) is 7.41. The second kappa shape index (κ2) is 8.21. The molecule has 23 heavy (non-hydrogen) atoms. The third-order valence-corrected chi connectivity index (χ3v) is 3.49. The van der Waals surface area contributed by atoms with Crippen molar-refractivity contribution in [2.24, 2.45) is 0 Å². The average Bonchev–Trinajstić information content (AvgIpc) is 2.45. The van der Waals surface area contributed by atoms with Crippen LogP contribution in [0.5, 0.6) is 0 Å². The molecule has 10 nitrogen and oxygen atoms in total. The summed E-state index contributed by atoms with van der Waals surface area (Å²) in [5, 5.41) is 59.3. The molecule has 0 bridgehead atoms. The van der Waals surface area contributed by atoms with E-state index in [1.165, 1.54) is 6.92 Å². The van der Waals surface area contributed by atoms with Gasteiger partial charge in [0.15, 0.2) is 6.29 Å². The maximum absolute atomic E-state index is 10.8. The Hall–Kier alpha value is -0.270. The molecule has 2 heterocycles. The predicted molar refractivity (Wildman–Crippen MR) is 63.4 cm³/mol. The molecule has 0 aromatic rings. The van der Waals surface area contributed by atoms with E-state index in [1.54, 1.807) is 0 Å². The molecule has 0 aromatic heterocycles. The molecular weight excluding hydrogens is 327 g/mol. The van der Waals surface area contributed by atoms with Gasteiger partial charge in [0.2, 0.25) is 6.29 Å². The zero-order valence-electron chi connectivity index (χ0n) is 12.5. The molecule has 0 aliphatic carbocycles. The van der Waals surface area contributed by atoms with Gasteiger partial charge < -0.3 is 49.6 Å². The second-order valence-corrected chi connectivity index (χ2v) is 5.10. The van der Waals surface area contributed by atoms with Crippen molar-refractivity contribution in [2.45, 2.75) is 56.1 Å². The Morgan fingerprint density at radius 3 is 2.35 bits per heavy atom. The molecule has 1 saturated heterocycles. The number of carboxylic acids is 1. The Bertz CT molecular complexity index is 457. The van der Waals surface area contributed by atoms with Crippen LogP contribution in [-0.4, -0.2) is 80.7 Å². The summed E-state index contributed by atoms with van der Waals surface area (Å²) >= 11 is 0. The molecule has 5 N–H and O–H groups in total. The number of aliphatic hydroxyl groups is 5. The fraction of sp³-hybridized carbons (Fsp3) is 0.750. The van der Waals surface area contributed by atoms with Crippen LogP contribution in [0.2, 0.25) is 0 Å². The first-order valence-electron chi connectivity index (χ1n) is 6.53. The largest absolute Gasteiger partial charge is 1.00 e. The number of ether oxygens (including phenoxy) is 3. The number of aliphatic carboxylic acids is 1. The first-order chi connectivity index (χ1) is 10.2. The maximum Gasteiger partial charge on any atom is 1.00 e. The minimum atomic E-state index is -1.74. The average molecular weight is 344 g/mol. The Balaban J connectivity index is 0.00000264. The van der Waals surface area contributed by atoms with E-state index >= 15 is 0 Å². The van der Waals surface area contributed by atoms with Crippen LogP contribution in [0.4, 0.5) is 0 Å². The van der Waals surface area contributed by atoms with Gasteiger partial charge in [-0.05, 0) is 13.0 Å². The number of aliphatic hydroxyl groups excluding tert-OH is 5. The fourth-order valence-corrected chi connectivity index (χ4v) is 2.19. The molecule has 0 radical (unpaired) electrons. The van der Waals surface area contributed by atoms with Crippen molar-refractivity contribution in [1.29, 1.82) is 0 Å². The number of hydrogen-bond acceptors (Lipinski definition) is 10. The molecule has 0 aromatic carbocycles. The van der Waals surface area contributed by atoms with Crippen molar-refractivity contribution in [1.82, 2.24) is 0 Å². The molecule has 126 valence electrons. The SMILES string of the molecule is C[C@H]1O[C@H](O)[C@H](O[C@H]2OC(C(=O)[O-])=C[C@@H](O)[C@H]2O)[C@@H](O)[C@H]1O.[Na+]. The number of carbonyl (C=O) groups is 1. The Morgan fingerprint density at radius 2 is 1.78 bits per heavy atom. The summed E-state index contributed by atoms with van der Waals surface area (Å²) in [7, 11) is 0. The van der Waals surface area contributed by atoms with Crippen LogP contribution in [0, 0.1) is 0 Å². The minimum absolute atomic E-state index is 0. The molecule has 2 aliphatic heterocycles. The summed E-state index contributed by atoms with van der Waals surface area (Å²) < 4.78 is 14.8. The molecule has 0 spiro atoms. The molecule has 0 amide bonds. The molecule has 2 aliphatic rings. The van der Waals surface area contributed by atoms with E-state index in [9.17, 15) is 35.4 Å². The van der Waals surface area contributed by atoms with Crippen LogP contribution in [0.25, 0.3) is 0 Å². The molecule has 1 fully saturated rings. The third-order valence-electron chi connectivity index (χ3n) is 3.49. The van der Waals surface area contributed by atoms with Crippen molar-refractivity contribution in [3.8, 4) is 0 Å². The van der Waals surface area contributed by atoms with Crippen LogP contribution < -0.4 is 34.7 Å². The van der Waals surface area contributed by atoms with E-state index in [2.05, 4.69) is 0 Å². The van der Waals surface area contributed by atoms with Gasteiger partial charge in [-0.2, -0.15) is 0 Å². The van der Waals surface area contributed by atoms with Gasteiger partial charge in [0, 0.05) is 0 Å². The number of rotatable bonds is 3. The van der Waals surface area contributed by atoms with Gasteiger partial charge in [-0.25, -0.2) is 0 Å². The maximum atomic E-state index is 10.8. The van der Waals surface area contributed by atoms with Gasteiger partial charge in [0.1, 0.15) is 42.2 Å². The first kappa shape index (κ1) is 20.8. The van der Waals surface area contributed by atoms with Crippen molar-refractivity contribution in [3.63, 3.8) is 0 Å². The van der Waals surface area contributed by atoms with E-state index < -0.39 is 60.9 Å². The van der Waals surface area contributed by atoms with Gasteiger partial charge in [0.05, 0.1) is 6.10 Å². The zero-order valence-corrected chi connectivity index (χ0v) is 14.5. The standard InChI is InChI=1S/C12H18O10.Na/c1-3-6(14)8(16)9(11(19)20-3)22-12-7(15)4(13)2-5(21-12)10(17)18;/h2-4,6-9,11-16,19H,1H3,(H,17,18);/q;+1/p-1/t3-,4-,6+,7-,8+,9-,11+,12-;/m1./s1. The van der Waals surface area contributed by atoms with Crippen LogP contribution in [0.15, 0.2) is 11.8 Å². The summed E-state index contributed by atoms with van der Waals surface area (Å²) in [5.41, 5.74) is 0. The van der Waals surface area contributed by atoms with Gasteiger partial charge in [-0.3, -0.25) is 0 Å². The number of carboxylic acid groups (broad SMARTS) is 1. The Morgan fingerprint density at radius 1 is 1.17 bits per heavy atom. The van der Waals surface area contributed by atoms with E-state index in [0.29, 0.717) is 0 Å². The van der Waals surface area contributed by atoms with Gasteiger partial charge in [0.25, 0.3) is 0 Å². The molecule has 2 rings (SSSR count). The summed E-state index contributed by atoms with van der Waals surface area (Å²) in [6, 6.07) is 0. The van der Waals surface area contributed by atoms with Crippen molar-refractivity contribution >= 4 is 5.97 Å². The predicted octanol–water partition coefficient (Wildman–Crippen LogP) is -7.45. The van der Waals surface area contributed by atoms with Crippen molar-refractivity contribution in [3.05, 3.63) is 11.8 Å². The van der Waals surface area contributed by atoms with Crippen LogP contribution in [0.3, 0.4) is 0 Å². The number of hydrogen-bond donors (Lipinski definition) is 5. The minimum Gasteiger partial charge on any atom is -0.542 e. The molecule has 11 heteroatoms. The zero-order chi connectivity index (χ0) is 16.6. The van der Waals surface area contributed by atoms with E-state index in [-0.39, 0.29) is 29.6 Å². The normalized spacial score (nSPS) is 43.8. The molecule has 0 unspecified atom stereocenters. The third kappa shape index (κ3) is 4.42. The number of carbonyl (C=O) groups excluding carboxylic acids is 1. The summed E-state index contributed by atoms with van der Waals surface area (Å²) in [6.07, 6.45) is -11.3. The van der Waals surface area contributed by atoms with Crippen molar-refractivity contribution in [2.75, 3.05) is 0 Å².